The SMILES string of the molecule is CC#Cc1cc2cnc(Nc3ccc(N4CCN(C)CC4)cc3)nc2n(Cc2c(F)cccc2C2CC2)c1=O. The summed E-state index contributed by atoms with van der Waals surface area (Å²) < 4.78 is 16.6. The number of benzene rings is 2. The molecule has 4 aromatic rings. The molecule has 2 aliphatic rings. The second-order valence-corrected chi connectivity index (χ2v) is 10.3. The van der Waals surface area contributed by atoms with Gasteiger partial charge in [-0.1, -0.05) is 18.1 Å². The lowest BCUT2D eigenvalue weighted by atomic mass is 10.0. The Hall–Kier alpha value is -4.22. The van der Waals surface area contributed by atoms with Crippen LogP contribution in [0.4, 0.5) is 21.7 Å². The van der Waals surface area contributed by atoms with E-state index < -0.39 is 0 Å². The third-order valence-corrected chi connectivity index (χ3v) is 7.57. The van der Waals surface area contributed by atoms with Crippen LogP contribution < -0.4 is 15.8 Å². The predicted molar refractivity (Wildman–Crippen MR) is 153 cm³/mol. The molecule has 7 nitrogen and oxygen atoms in total. The first-order valence-corrected chi connectivity index (χ1v) is 13.4. The fourth-order valence-electron chi connectivity index (χ4n) is 5.22. The number of likely N-dealkylation sites (N-methyl/N-ethyl adjacent to an activating group) is 1. The zero-order chi connectivity index (χ0) is 26.9. The molecule has 3 heterocycles. The highest BCUT2D eigenvalue weighted by Gasteiger charge is 2.28. The number of rotatable bonds is 6. The number of fused-ring (bicyclic) bond motifs is 1. The molecule has 39 heavy (non-hydrogen) atoms. The monoisotopic (exact) mass is 522 g/mol. The van der Waals surface area contributed by atoms with Crippen molar-refractivity contribution in [2.45, 2.75) is 32.2 Å². The lowest BCUT2D eigenvalue weighted by Crippen LogP contribution is -2.44. The molecule has 0 bridgehead atoms. The molecule has 0 radical (unpaired) electrons. The minimum Gasteiger partial charge on any atom is -0.369 e. The normalized spacial score (nSPS) is 15.7. The molecule has 6 rings (SSSR count). The molecular weight excluding hydrogens is 491 g/mol. The molecule has 0 unspecified atom stereocenters. The highest BCUT2D eigenvalue weighted by Crippen LogP contribution is 2.42. The van der Waals surface area contributed by atoms with Crippen LogP contribution in [0.1, 0.15) is 42.4 Å². The molecule has 8 heteroatoms. The number of piperazine rings is 1. The van der Waals surface area contributed by atoms with Crippen molar-refractivity contribution in [3.8, 4) is 11.8 Å². The zero-order valence-electron chi connectivity index (χ0n) is 22.2. The van der Waals surface area contributed by atoms with E-state index in [0.29, 0.717) is 34.0 Å². The molecule has 198 valence electrons. The first-order valence-electron chi connectivity index (χ1n) is 13.4. The summed E-state index contributed by atoms with van der Waals surface area (Å²) in [5.74, 6) is 6.11. The quantitative estimate of drug-likeness (QED) is 0.370. The average molecular weight is 523 g/mol. The Kier molecular flexibility index (Phi) is 6.76. The first kappa shape index (κ1) is 25.1. The van der Waals surface area contributed by atoms with Crippen molar-refractivity contribution >= 4 is 28.4 Å². The standard InChI is InChI=1S/C31H31FN6O/c1-3-5-22-18-23-19-33-31(34-24-10-12-25(13-11-24)37-16-14-36(2)15-17-37)35-29(23)38(30(22)39)20-27-26(21-8-9-21)6-4-7-28(27)32/h4,6-7,10-13,18-19,21H,8-9,14-17,20H2,1-2H3,(H,33,34,35). The van der Waals surface area contributed by atoms with Crippen molar-refractivity contribution in [3.05, 3.63) is 87.6 Å². The Morgan fingerprint density at radius 2 is 1.85 bits per heavy atom. The first-order chi connectivity index (χ1) is 19.0. The van der Waals surface area contributed by atoms with E-state index in [2.05, 4.69) is 51.1 Å². The van der Waals surface area contributed by atoms with E-state index >= 15 is 4.39 Å². The van der Waals surface area contributed by atoms with Gasteiger partial charge in [0.05, 0.1) is 12.1 Å². The lowest BCUT2D eigenvalue weighted by molar-refractivity contribution is 0.313. The molecule has 1 saturated heterocycles. The zero-order valence-corrected chi connectivity index (χ0v) is 22.2. The summed E-state index contributed by atoms with van der Waals surface area (Å²) in [6.07, 6.45) is 3.76. The van der Waals surface area contributed by atoms with Crippen LogP contribution in [-0.4, -0.2) is 52.7 Å². The van der Waals surface area contributed by atoms with Gasteiger partial charge < -0.3 is 15.1 Å². The Morgan fingerprint density at radius 3 is 2.56 bits per heavy atom. The van der Waals surface area contributed by atoms with Gasteiger partial charge >= 0.3 is 0 Å². The van der Waals surface area contributed by atoms with Crippen molar-refractivity contribution < 1.29 is 4.39 Å². The molecule has 1 aliphatic heterocycles. The van der Waals surface area contributed by atoms with E-state index in [1.807, 2.05) is 18.2 Å². The van der Waals surface area contributed by atoms with Crippen LogP contribution in [-0.2, 0) is 6.54 Å². The summed E-state index contributed by atoms with van der Waals surface area (Å²) in [6.45, 7) is 5.88. The molecular formula is C31H31FN6O. The molecule has 2 aromatic carbocycles. The van der Waals surface area contributed by atoms with Gasteiger partial charge in [-0.25, -0.2) is 9.37 Å². The summed E-state index contributed by atoms with van der Waals surface area (Å²) in [4.78, 5) is 27.4. The van der Waals surface area contributed by atoms with E-state index in [0.717, 1.165) is 50.3 Å². The third-order valence-electron chi connectivity index (χ3n) is 7.57. The second kappa shape index (κ2) is 10.5. The number of pyridine rings is 1. The minimum atomic E-state index is -0.306. The van der Waals surface area contributed by atoms with Gasteiger partial charge in [0, 0.05) is 54.7 Å². The van der Waals surface area contributed by atoms with Gasteiger partial charge in [0.2, 0.25) is 5.95 Å². The van der Waals surface area contributed by atoms with Crippen molar-refractivity contribution in [1.29, 1.82) is 0 Å². The van der Waals surface area contributed by atoms with Crippen LogP contribution in [0.5, 0.6) is 0 Å². The van der Waals surface area contributed by atoms with Gasteiger partial charge in [-0.2, -0.15) is 4.98 Å². The molecule has 0 amide bonds. The molecule has 1 N–H and O–H groups in total. The average Bonchev–Trinajstić information content (AvgIpc) is 3.79. The maximum Gasteiger partial charge on any atom is 0.268 e. The number of nitrogens with zero attached hydrogens (tertiary/aromatic N) is 5. The molecule has 2 fully saturated rings. The van der Waals surface area contributed by atoms with Gasteiger partial charge in [0.15, 0.2) is 0 Å². The number of nitrogens with one attached hydrogen (secondary N) is 1. The van der Waals surface area contributed by atoms with E-state index in [-0.39, 0.29) is 17.9 Å². The van der Waals surface area contributed by atoms with Crippen molar-refractivity contribution in [2.75, 3.05) is 43.4 Å². The van der Waals surface area contributed by atoms with Crippen molar-refractivity contribution in [2.24, 2.45) is 0 Å². The molecule has 1 saturated carbocycles. The lowest BCUT2D eigenvalue weighted by Gasteiger charge is -2.34. The summed E-state index contributed by atoms with van der Waals surface area (Å²) in [6, 6.07) is 15.1. The molecule has 2 aromatic heterocycles. The van der Waals surface area contributed by atoms with Crippen LogP contribution in [0.15, 0.2) is 59.5 Å². The Labute approximate surface area is 227 Å². The number of halogens is 1. The van der Waals surface area contributed by atoms with Crippen molar-refractivity contribution in [3.63, 3.8) is 0 Å². The second-order valence-electron chi connectivity index (χ2n) is 10.3. The summed E-state index contributed by atoms with van der Waals surface area (Å²) >= 11 is 0. The molecule has 1 aliphatic carbocycles. The van der Waals surface area contributed by atoms with Gasteiger partial charge in [-0.05, 0) is 74.7 Å². The summed E-state index contributed by atoms with van der Waals surface area (Å²) in [5.41, 5.74) is 4.04. The minimum absolute atomic E-state index is 0.0866. The van der Waals surface area contributed by atoms with E-state index in [1.165, 1.54) is 16.3 Å². The fraction of sp³-hybridized carbons (Fsp3) is 0.323. The third kappa shape index (κ3) is 5.23. The van der Waals surface area contributed by atoms with Gasteiger partial charge in [-0.15, -0.1) is 5.92 Å². The van der Waals surface area contributed by atoms with E-state index in [9.17, 15) is 4.79 Å². The van der Waals surface area contributed by atoms with Crippen LogP contribution in [0.2, 0.25) is 0 Å². The maximum absolute atomic E-state index is 15.1. The maximum atomic E-state index is 15.1. The Bertz CT molecular complexity index is 1640. The molecule has 0 spiro atoms. The number of hydrogen-bond donors (Lipinski definition) is 1. The van der Waals surface area contributed by atoms with Gasteiger partial charge in [0.1, 0.15) is 11.5 Å². The predicted octanol–water partition coefficient (Wildman–Crippen LogP) is 4.72. The smallest absolute Gasteiger partial charge is 0.268 e. The topological polar surface area (TPSA) is 66.3 Å². The number of aromatic nitrogens is 3. The van der Waals surface area contributed by atoms with Crippen LogP contribution in [0.3, 0.4) is 0 Å². The molecule has 0 atom stereocenters. The number of anilines is 3. The summed E-state index contributed by atoms with van der Waals surface area (Å²) in [7, 11) is 2.15. The highest BCUT2D eigenvalue weighted by molar-refractivity contribution is 5.77. The van der Waals surface area contributed by atoms with Crippen LogP contribution >= 0.6 is 0 Å². The highest BCUT2D eigenvalue weighted by atomic mass is 19.1. The van der Waals surface area contributed by atoms with Crippen molar-refractivity contribution in [1.82, 2.24) is 19.4 Å². The van der Waals surface area contributed by atoms with E-state index in [1.54, 1.807) is 25.3 Å². The van der Waals surface area contributed by atoms with Crippen LogP contribution in [0, 0.1) is 17.7 Å². The van der Waals surface area contributed by atoms with Gasteiger partial charge in [-0.3, -0.25) is 9.36 Å². The Morgan fingerprint density at radius 1 is 1.08 bits per heavy atom. The van der Waals surface area contributed by atoms with Gasteiger partial charge in [0.25, 0.3) is 5.56 Å². The fourth-order valence-corrected chi connectivity index (χ4v) is 5.22. The number of hydrogen-bond acceptors (Lipinski definition) is 6. The summed E-state index contributed by atoms with van der Waals surface area (Å²) in [5, 5.41) is 3.94. The van der Waals surface area contributed by atoms with Crippen LogP contribution in [0.25, 0.3) is 11.0 Å². The van der Waals surface area contributed by atoms with E-state index in [4.69, 9.17) is 4.98 Å². The largest absolute Gasteiger partial charge is 0.369 e. The Balaban J connectivity index is 1.34.